The first-order chi connectivity index (χ1) is 9.54. The number of hydrogen-bond donors (Lipinski definition) is 1. The molecule has 3 rings (SSSR count). The number of carbonyl (C=O) groups excluding carboxylic acids is 1. The Morgan fingerprint density at radius 2 is 1.80 bits per heavy atom. The molecule has 4 heteroatoms. The van der Waals surface area contributed by atoms with Gasteiger partial charge in [-0.3, -0.25) is 4.79 Å². The second kappa shape index (κ2) is 4.80. The highest BCUT2D eigenvalue weighted by Gasteiger charge is 2.41. The van der Waals surface area contributed by atoms with Crippen LogP contribution in [0.3, 0.4) is 0 Å². The second-order valence-corrected chi connectivity index (χ2v) is 5.39. The van der Waals surface area contributed by atoms with E-state index in [2.05, 4.69) is 28.4 Å². The molecule has 20 heavy (non-hydrogen) atoms. The molecule has 1 saturated heterocycles. The van der Waals surface area contributed by atoms with E-state index in [1.807, 2.05) is 39.2 Å². The lowest BCUT2D eigenvalue weighted by Crippen LogP contribution is -2.19. The van der Waals surface area contributed by atoms with Gasteiger partial charge in [-0.25, -0.2) is 0 Å². The third-order valence-electron chi connectivity index (χ3n) is 3.58. The number of ether oxygens (including phenoxy) is 1. The van der Waals surface area contributed by atoms with Crippen LogP contribution in [0, 0.1) is 0 Å². The first-order valence-corrected chi connectivity index (χ1v) is 6.72. The summed E-state index contributed by atoms with van der Waals surface area (Å²) in [6.45, 7) is 1.90. The zero-order valence-electron chi connectivity index (χ0n) is 11.9. The van der Waals surface area contributed by atoms with E-state index in [1.54, 1.807) is 0 Å². The number of nitrogens with zero attached hydrogens (tertiary/aromatic N) is 1. The van der Waals surface area contributed by atoms with E-state index in [1.165, 1.54) is 0 Å². The number of nitrogens with one attached hydrogen (secondary N) is 1. The van der Waals surface area contributed by atoms with Crippen LogP contribution in [-0.4, -0.2) is 32.2 Å². The monoisotopic (exact) mass is 270 g/mol. The van der Waals surface area contributed by atoms with Gasteiger partial charge in [-0.2, -0.15) is 0 Å². The fourth-order valence-corrected chi connectivity index (χ4v) is 2.26. The normalized spacial score (nSPS) is 20.8. The van der Waals surface area contributed by atoms with Gasteiger partial charge in [0.25, 0.3) is 5.91 Å². The molecule has 0 spiro atoms. The van der Waals surface area contributed by atoms with Gasteiger partial charge < -0.3 is 15.0 Å². The summed E-state index contributed by atoms with van der Waals surface area (Å²) < 4.78 is 5.16. The van der Waals surface area contributed by atoms with Crippen molar-refractivity contribution < 1.29 is 9.53 Å². The summed E-state index contributed by atoms with van der Waals surface area (Å²) >= 11 is 0. The van der Waals surface area contributed by atoms with Crippen molar-refractivity contribution in [3.63, 3.8) is 0 Å². The summed E-state index contributed by atoms with van der Waals surface area (Å²) in [5, 5.41) is 5.16. The molecule has 1 fully saturated rings. The van der Waals surface area contributed by atoms with Crippen molar-refractivity contribution in [1.82, 2.24) is 0 Å². The molecule has 0 unspecified atom stereocenters. The van der Waals surface area contributed by atoms with Crippen LogP contribution < -0.4 is 10.2 Å². The minimum Gasteiger partial charge on any atom is -0.378 e. The number of rotatable bonds is 3. The lowest BCUT2D eigenvalue weighted by Gasteiger charge is -2.13. The molecular weight excluding hydrogens is 252 g/mol. The molecular formula is C16H18N2O2. The average Bonchev–Trinajstić information content (AvgIpc) is 3.15. The molecule has 1 amide bonds. The van der Waals surface area contributed by atoms with Crippen LogP contribution >= 0.6 is 0 Å². The van der Waals surface area contributed by atoms with E-state index in [0.29, 0.717) is 0 Å². The van der Waals surface area contributed by atoms with Crippen LogP contribution in [0.2, 0.25) is 0 Å². The highest BCUT2D eigenvalue weighted by Crippen LogP contribution is 2.26. The van der Waals surface area contributed by atoms with Crippen molar-refractivity contribution in [3.05, 3.63) is 36.4 Å². The molecule has 1 aliphatic rings. The predicted molar refractivity (Wildman–Crippen MR) is 81.2 cm³/mol. The van der Waals surface area contributed by atoms with E-state index in [9.17, 15) is 4.79 Å². The van der Waals surface area contributed by atoms with Crippen molar-refractivity contribution >= 4 is 28.1 Å². The summed E-state index contributed by atoms with van der Waals surface area (Å²) in [7, 11) is 4.04. The summed E-state index contributed by atoms with van der Waals surface area (Å²) in [5.74, 6) is -0.0678. The number of carbonyl (C=O) groups is 1. The van der Waals surface area contributed by atoms with Crippen LogP contribution in [0.4, 0.5) is 11.4 Å². The summed E-state index contributed by atoms with van der Waals surface area (Å²) in [6, 6.07) is 12.2. The van der Waals surface area contributed by atoms with E-state index in [-0.39, 0.29) is 18.1 Å². The fourth-order valence-electron chi connectivity index (χ4n) is 2.26. The Bertz CT molecular complexity index is 667. The smallest absolute Gasteiger partial charge is 0.256 e. The van der Waals surface area contributed by atoms with Gasteiger partial charge in [0, 0.05) is 25.5 Å². The van der Waals surface area contributed by atoms with Gasteiger partial charge >= 0.3 is 0 Å². The van der Waals surface area contributed by atoms with Crippen LogP contribution in [0.5, 0.6) is 0 Å². The molecule has 1 heterocycles. The lowest BCUT2D eigenvalue weighted by atomic mass is 10.1. The molecule has 0 radical (unpaired) electrons. The van der Waals surface area contributed by atoms with Gasteiger partial charge in [0.15, 0.2) is 6.10 Å². The highest BCUT2D eigenvalue weighted by molar-refractivity contribution is 5.98. The predicted octanol–water partition coefficient (Wildman–Crippen LogP) is 2.63. The van der Waals surface area contributed by atoms with E-state index < -0.39 is 0 Å². The highest BCUT2D eigenvalue weighted by atomic mass is 16.6. The summed E-state index contributed by atoms with van der Waals surface area (Å²) in [5.41, 5.74) is 1.97. The number of hydrogen-bond acceptors (Lipinski definition) is 3. The molecule has 2 atom stereocenters. The maximum atomic E-state index is 11.8. The molecule has 0 saturated carbocycles. The van der Waals surface area contributed by atoms with Crippen molar-refractivity contribution in [2.45, 2.75) is 19.1 Å². The molecule has 2 aromatic rings. The van der Waals surface area contributed by atoms with Gasteiger partial charge in [-0.1, -0.05) is 12.1 Å². The summed E-state index contributed by atoms with van der Waals surface area (Å²) in [6.07, 6.45) is -0.250. The minimum atomic E-state index is -0.290. The first kappa shape index (κ1) is 12.9. The average molecular weight is 270 g/mol. The first-order valence-electron chi connectivity index (χ1n) is 6.72. The third-order valence-corrected chi connectivity index (χ3v) is 3.58. The molecule has 1 aliphatic heterocycles. The Morgan fingerprint density at radius 1 is 1.15 bits per heavy atom. The number of benzene rings is 2. The third kappa shape index (κ3) is 2.47. The molecule has 4 nitrogen and oxygen atoms in total. The molecule has 0 bridgehead atoms. The van der Waals surface area contributed by atoms with E-state index >= 15 is 0 Å². The molecule has 2 aromatic carbocycles. The standard InChI is InChI=1S/C16H18N2O2/c1-10-15(20-10)16(19)17-13-6-4-12-9-14(18(2)3)7-5-11(12)8-13/h4-10,15H,1-3H3,(H,17,19)/t10-,15+/m0/s1. The number of anilines is 2. The van der Waals surface area contributed by atoms with Crippen molar-refractivity contribution in [2.24, 2.45) is 0 Å². The van der Waals surface area contributed by atoms with E-state index in [4.69, 9.17) is 4.74 Å². The zero-order valence-corrected chi connectivity index (χ0v) is 11.9. The zero-order chi connectivity index (χ0) is 14.3. The number of epoxide rings is 1. The fraction of sp³-hybridized carbons (Fsp3) is 0.312. The Labute approximate surface area is 118 Å². The van der Waals surface area contributed by atoms with Crippen LogP contribution in [0.1, 0.15) is 6.92 Å². The van der Waals surface area contributed by atoms with Gasteiger partial charge in [0.05, 0.1) is 6.10 Å². The molecule has 1 N–H and O–H groups in total. The number of fused-ring (bicyclic) bond motifs is 1. The van der Waals surface area contributed by atoms with Crippen molar-refractivity contribution in [3.8, 4) is 0 Å². The van der Waals surface area contributed by atoms with Crippen LogP contribution in [0.15, 0.2) is 36.4 Å². The Balaban J connectivity index is 1.83. The quantitative estimate of drug-likeness (QED) is 0.872. The Morgan fingerprint density at radius 3 is 2.45 bits per heavy atom. The van der Waals surface area contributed by atoms with Gasteiger partial charge in [-0.15, -0.1) is 0 Å². The maximum Gasteiger partial charge on any atom is 0.256 e. The minimum absolute atomic E-state index is 0.0399. The Kier molecular flexibility index (Phi) is 3.10. The van der Waals surface area contributed by atoms with Gasteiger partial charge in [0.1, 0.15) is 0 Å². The maximum absolute atomic E-state index is 11.8. The van der Waals surface area contributed by atoms with E-state index in [0.717, 1.165) is 22.1 Å². The lowest BCUT2D eigenvalue weighted by molar-refractivity contribution is -0.117. The van der Waals surface area contributed by atoms with Gasteiger partial charge in [0.2, 0.25) is 0 Å². The van der Waals surface area contributed by atoms with Crippen molar-refractivity contribution in [1.29, 1.82) is 0 Å². The second-order valence-electron chi connectivity index (χ2n) is 5.39. The topological polar surface area (TPSA) is 44.9 Å². The Hall–Kier alpha value is -2.07. The molecule has 104 valence electrons. The van der Waals surface area contributed by atoms with Gasteiger partial charge in [-0.05, 0) is 42.0 Å². The van der Waals surface area contributed by atoms with Crippen LogP contribution in [0.25, 0.3) is 10.8 Å². The largest absolute Gasteiger partial charge is 0.378 e. The van der Waals surface area contributed by atoms with Crippen molar-refractivity contribution in [2.75, 3.05) is 24.3 Å². The summed E-state index contributed by atoms with van der Waals surface area (Å²) in [4.78, 5) is 13.9. The molecule has 0 aromatic heterocycles. The molecule has 0 aliphatic carbocycles. The number of amides is 1. The van der Waals surface area contributed by atoms with Crippen LogP contribution in [-0.2, 0) is 9.53 Å². The SMILES string of the molecule is C[C@@H]1O[C@H]1C(=O)Nc1ccc2cc(N(C)C)ccc2c1.